The van der Waals surface area contributed by atoms with Gasteiger partial charge in [-0.25, -0.2) is 0 Å². The van der Waals surface area contributed by atoms with Gasteiger partial charge in [-0.1, -0.05) is 12.2 Å². The second-order valence-electron chi connectivity index (χ2n) is 3.01. The van der Waals surface area contributed by atoms with Crippen LogP contribution in [0.5, 0.6) is 0 Å². The third-order valence-electron chi connectivity index (χ3n) is 1.57. The average Bonchev–Trinajstić information content (AvgIpc) is 1.86. The fraction of sp³-hybridized carbons (Fsp3) is 0.556. The average molecular weight is 155 g/mol. The summed E-state index contributed by atoms with van der Waals surface area (Å²) in [5.74, 6) is 0. The van der Waals surface area contributed by atoms with E-state index in [4.69, 9.17) is 5.73 Å². The van der Waals surface area contributed by atoms with Gasteiger partial charge in [0.25, 0.3) is 0 Å². The molecule has 0 spiro atoms. The highest BCUT2D eigenvalue weighted by Crippen LogP contribution is 2.19. The molecule has 0 heterocycles. The van der Waals surface area contributed by atoms with Crippen LogP contribution in [-0.2, 0) is 0 Å². The molecule has 0 aliphatic rings. The van der Waals surface area contributed by atoms with E-state index in [2.05, 4.69) is 0 Å². The van der Waals surface area contributed by atoms with Crippen LogP contribution in [0.25, 0.3) is 0 Å². The molecule has 0 aromatic rings. The van der Waals surface area contributed by atoms with Gasteiger partial charge in [0.2, 0.25) is 0 Å². The first-order valence-corrected chi connectivity index (χ1v) is 3.74. The van der Waals surface area contributed by atoms with Gasteiger partial charge in [-0.2, -0.15) is 0 Å². The third kappa shape index (κ3) is 2.76. The van der Waals surface area contributed by atoms with Crippen molar-refractivity contribution in [2.24, 2.45) is 5.73 Å². The minimum absolute atomic E-state index is 0.639. The Bertz CT molecular complexity index is 184. The first-order chi connectivity index (χ1) is 4.93. The van der Waals surface area contributed by atoms with Gasteiger partial charge < -0.3 is 10.8 Å². The maximum absolute atomic E-state index is 9.59. The number of allylic oxidation sites excluding steroid dienone is 2. The molecule has 2 heteroatoms. The summed E-state index contributed by atoms with van der Waals surface area (Å²) in [5.41, 5.74) is 6.22. The molecular formula is C9H17NO. The molecular weight excluding hydrogens is 138 g/mol. The minimum atomic E-state index is -0.842. The Kier molecular flexibility index (Phi) is 3.33. The Balaban J connectivity index is 4.73. The van der Waals surface area contributed by atoms with Crippen LogP contribution in [0.4, 0.5) is 0 Å². The van der Waals surface area contributed by atoms with Crippen molar-refractivity contribution in [3.05, 3.63) is 23.4 Å². The maximum Gasteiger partial charge on any atom is 0.0857 e. The lowest BCUT2D eigenvalue weighted by molar-refractivity contribution is 0.122. The van der Waals surface area contributed by atoms with Gasteiger partial charge in [-0.3, -0.25) is 0 Å². The summed E-state index contributed by atoms with van der Waals surface area (Å²) >= 11 is 0. The summed E-state index contributed by atoms with van der Waals surface area (Å²) in [7, 11) is 0. The Hall–Kier alpha value is -0.760. The second kappa shape index (κ2) is 3.58. The maximum atomic E-state index is 9.59. The van der Waals surface area contributed by atoms with Crippen molar-refractivity contribution < 1.29 is 5.11 Å². The highest BCUT2D eigenvalue weighted by atomic mass is 16.3. The lowest BCUT2D eigenvalue weighted by atomic mass is 9.95. The Labute approximate surface area is 68.4 Å². The number of nitrogens with two attached hydrogens (primary N) is 1. The van der Waals surface area contributed by atoms with Crippen molar-refractivity contribution in [3.8, 4) is 0 Å². The van der Waals surface area contributed by atoms with E-state index in [1.807, 2.05) is 19.9 Å². The molecule has 0 aromatic heterocycles. The van der Waals surface area contributed by atoms with E-state index in [9.17, 15) is 5.11 Å². The molecule has 0 unspecified atom stereocenters. The van der Waals surface area contributed by atoms with Gasteiger partial charge in [-0.15, -0.1) is 0 Å². The number of rotatable bonds is 2. The van der Waals surface area contributed by atoms with Gasteiger partial charge in [0.15, 0.2) is 0 Å². The first kappa shape index (κ1) is 10.2. The van der Waals surface area contributed by atoms with E-state index < -0.39 is 5.60 Å². The fourth-order valence-corrected chi connectivity index (χ4v) is 1.03. The highest BCUT2D eigenvalue weighted by molar-refractivity contribution is 5.33. The van der Waals surface area contributed by atoms with Crippen molar-refractivity contribution in [1.82, 2.24) is 0 Å². The number of aliphatic hydroxyl groups is 1. The smallest absolute Gasteiger partial charge is 0.0857 e. The number of hydrogen-bond donors (Lipinski definition) is 2. The molecule has 0 radical (unpaired) electrons. The zero-order valence-corrected chi connectivity index (χ0v) is 7.68. The summed E-state index contributed by atoms with van der Waals surface area (Å²) in [6.07, 6.45) is 3.61. The molecule has 2 nitrogen and oxygen atoms in total. The van der Waals surface area contributed by atoms with Crippen LogP contribution in [-0.4, -0.2) is 10.7 Å². The molecule has 0 atom stereocenters. The molecule has 0 fully saturated rings. The molecule has 11 heavy (non-hydrogen) atoms. The normalized spacial score (nSPS) is 15.4. The molecule has 0 bridgehead atoms. The molecule has 0 saturated carbocycles. The summed E-state index contributed by atoms with van der Waals surface area (Å²) in [6, 6.07) is 0. The van der Waals surface area contributed by atoms with Crippen molar-refractivity contribution in [3.63, 3.8) is 0 Å². The molecule has 0 aliphatic heterocycles. The lowest BCUT2D eigenvalue weighted by Gasteiger charge is -2.21. The summed E-state index contributed by atoms with van der Waals surface area (Å²) in [6.45, 7) is 7.16. The Morgan fingerprint density at radius 1 is 1.27 bits per heavy atom. The zero-order valence-electron chi connectivity index (χ0n) is 7.68. The van der Waals surface area contributed by atoms with Gasteiger partial charge in [0.1, 0.15) is 0 Å². The molecule has 0 rings (SSSR count). The van der Waals surface area contributed by atoms with Crippen molar-refractivity contribution in [2.45, 2.75) is 33.3 Å². The molecule has 64 valence electrons. The third-order valence-corrected chi connectivity index (χ3v) is 1.57. The largest absolute Gasteiger partial charge is 0.399 e. The predicted octanol–water partition coefficient (Wildman–Crippen LogP) is 1.57. The first-order valence-electron chi connectivity index (χ1n) is 3.74. The van der Waals surface area contributed by atoms with E-state index in [0.717, 1.165) is 5.57 Å². The SMILES string of the molecule is C/C=C(N)\C(=C/C)C(C)(C)O. The molecule has 0 aromatic carbocycles. The van der Waals surface area contributed by atoms with E-state index in [1.54, 1.807) is 19.9 Å². The van der Waals surface area contributed by atoms with Crippen molar-refractivity contribution in [2.75, 3.05) is 0 Å². The summed E-state index contributed by atoms with van der Waals surface area (Å²) < 4.78 is 0. The summed E-state index contributed by atoms with van der Waals surface area (Å²) in [4.78, 5) is 0. The van der Waals surface area contributed by atoms with E-state index >= 15 is 0 Å². The van der Waals surface area contributed by atoms with E-state index in [0.29, 0.717) is 5.70 Å². The van der Waals surface area contributed by atoms with Crippen molar-refractivity contribution in [1.29, 1.82) is 0 Å². The Morgan fingerprint density at radius 3 is 1.82 bits per heavy atom. The second-order valence-corrected chi connectivity index (χ2v) is 3.01. The lowest BCUT2D eigenvalue weighted by Crippen LogP contribution is -2.25. The number of hydrogen-bond acceptors (Lipinski definition) is 2. The summed E-state index contributed by atoms with van der Waals surface area (Å²) in [5, 5.41) is 9.59. The van der Waals surface area contributed by atoms with Crippen LogP contribution in [0.3, 0.4) is 0 Å². The highest BCUT2D eigenvalue weighted by Gasteiger charge is 2.19. The standard InChI is InChI=1S/C9H17NO/c1-5-7(8(10)6-2)9(3,4)11/h5-6,11H,10H2,1-4H3/b7-5+,8-6+. The molecule has 0 aliphatic carbocycles. The Morgan fingerprint density at radius 2 is 1.73 bits per heavy atom. The molecule has 0 saturated heterocycles. The van der Waals surface area contributed by atoms with Crippen LogP contribution >= 0.6 is 0 Å². The van der Waals surface area contributed by atoms with Gasteiger partial charge >= 0.3 is 0 Å². The van der Waals surface area contributed by atoms with Crippen molar-refractivity contribution >= 4 is 0 Å². The zero-order chi connectivity index (χ0) is 9.07. The van der Waals surface area contributed by atoms with Crippen LogP contribution in [0.15, 0.2) is 23.4 Å². The van der Waals surface area contributed by atoms with Crippen LogP contribution < -0.4 is 5.73 Å². The predicted molar refractivity (Wildman–Crippen MR) is 48.0 cm³/mol. The minimum Gasteiger partial charge on any atom is -0.399 e. The van der Waals surface area contributed by atoms with Crippen LogP contribution in [0, 0.1) is 0 Å². The molecule has 3 N–H and O–H groups in total. The van der Waals surface area contributed by atoms with E-state index in [-0.39, 0.29) is 0 Å². The quantitative estimate of drug-likeness (QED) is 0.594. The van der Waals surface area contributed by atoms with Gasteiger partial charge in [-0.05, 0) is 27.7 Å². The fourth-order valence-electron chi connectivity index (χ4n) is 1.03. The monoisotopic (exact) mass is 155 g/mol. The van der Waals surface area contributed by atoms with E-state index in [1.165, 1.54) is 0 Å². The van der Waals surface area contributed by atoms with Gasteiger partial charge in [0.05, 0.1) is 5.60 Å². The topological polar surface area (TPSA) is 46.2 Å². The molecule has 0 amide bonds. The van der Waals surface area contributed by atoms with Gasteiger partial charge in [0, 0.05) is 11.3 Å². The van der Waals surface area contributed by atoms with Crippen LogP contribution in [0.1, 0.15) is 27.7 Å². The van der Waals surface area contributed by atoms with Crippen LogP contribution in [0.2, 0.25) is 0 Å².